The number of halogens is 1. The lowest BCUT2D eigenvalue weighted by atomic mass is 9.92. The first-order valence-corrected chi connectivity index (χ1v) is 9.19. The highest BCUT2D eigenvalue weighted by atomic mass is 35.5. The molecule has 0 N–H and O–H groups in total. The summed E-state index contributed by atoms with van der Waals surface area (Å²) in [6.07, 6.45) is 2.14. The maximum absolute atomic E-state index is 5.90. The summed E-state index contributed by atoms with van der Waals surface area (Å²) in [5.74, 6) is 2.74. The molecule has 6 heteroatoms. The predicted molar refractivity (Wildman–Crippen MR) is 105 cm³/mol. The van der Waals surface area contributed by atoms with Crippen molar-refractivity contribution in [2.75, 3.05) is 41.0 Å². The fourth-order valence-corrected chi connectivity index (χ4v) is 3.95. The highest BCUT2D eigenvalue weighted by Gasteiger charge is 2.27. The van der Waals surface area contributed by atoms with Crippen molar-refractivity contribution in [1.29, 1.82) is 0 Å². The van der Waals surface area contributed by atoms with E-state index in [0.29, 0.717) is 11.7 Å². The zero-order valence-corrected chi connectivity index (χ0v) is 16.6. The highest BCUT2D eigenvalue weighted by Crippen LogP contribution is 2.45. The molecule has 138 valence electrons. The van der Waals surface area contributed by atoms with Gasteiger partial charge in [0.15, 0.2) is 11.5 Å². The molecule has 4 nitrogen and oxygen atoms in total. The zero-order chi connectivity index (χ0) is 16.9. The van der Waals surface area contributed by atoms with Crippen LogP contribution in [0.2, 0.25) is 0 Å². The van der Waals surface area contributed by atoms with Crippen LogP contribution in [0.1, 0.15) is 22.8 Å². The molecule has 0 saturated carbocycles. The molecule has 0 spiro atoms. The van der Waals surface area contributed by atoms with Crippen molar-refractivity contribution in [3.05, 3.63) is 40.1 Å². The lowest BCUT2D eigenvalue weighted by Crippen LogP contribution is -2.29. The molecule has 2 aromatic rings. The van der Waals surface area contributed by atoms with Crippen molar-refractivity contribution < 1.29 is 14.2 Å². The second-order valence-corrected chi connectivity index (χ2v) is 7.18. The standard InChI is InChI=1S/C19H25NO3S.ClH/c1-20(10-8-15-5-4-12-24-15)13-14-9-11-23-18-16(14)6-7-17(21-2)19(18)22-3;/h4-7,12,14H,8-11,13H2,1-3H3;1H. The molecular weight excluding hydrogens is 358 g/mol. The van der Waals surface area contributed by atoms with Crippen LogP contribution in [0.4, 0.5) is 0 Å². The first-order chi connectivity index (χ1) is 11.7. The number of rotatable bonds is 7. The highest BCUT2D eigenvalue weighted by molar-refractivity contribution is 7.09. The molecule has 0 fully saturated rings. The van der Waals surface area contributed by atoms with Gasteiger partial charge in [-0.15, -0.1) is 23.7 Å². The van der Waals surface area contributed by atoms with Gasteiger partial charge in [0.05, 0.1) is 20.8 Å². The van der Waals surface area contributed by atoms with E-state index in [-0.39, 0.29) is 12.4 Å². The maximum atomic E-state index is 5.90. The van der Waals surface area contributed by atoms with E-state index in [0.717, 1.165) is 44.0 Å². The van der Waals surface area contributed by atoms with Gasteiger partial charge < -0.3 is 19.1 Å². The number of benzene rings is 1. The molecule has 0 radical (unpaired) electrons. The second kappa shape index (κ2) is 9.32. The maximum Gasteiger partial charge on any atom is 0.203 e. The Morgan fingerprint density at radius 2 is 2.08 bits per heavy atom. The SMILES string of the molecule is COc1ccc2c(c1OC)OCCC2CN(C)CCc1cccs1.Cl. The van der Waals surface area contributed by atoms with Crippen molar-refractivity contribution in [3.8, 4) is 17.2 Å². The summed E-state index contributed by atoms with van der Waals surface area (Å²) < 4.78 is 16.8. The van der Waals surface area contributed by atoms with Crippen molar-refractivity contribution in [3.63, 3.8) is 0 Å². The number of nitrogens with zero attached hydrogens (tertiary/aromatic N) is 1. The lowest BCUT2D eigenvalue weighted by molar-refractivity contribution is 0.221. The van der Waals surface area contributed by atoms with Gasteiger partial charge in [0.2, 0.25) is 5.75 Å². The van der Waals surface area contributed by atoms with Crippen LogP contribution >= 0.6 is 23.7 Å². The monoisotopic (exact) mass is 383 g/mol. The molecule has 0 saturated heterocycles. The predicted octanol–water partition coefficient (Wildman–Crippen LogP) is 4.23. The summed E-state index contributed by atoms with van der Waals surface area (Å²) in [4.78, 5) is 3.86. The normalized spacial score (nSPS) is 15.9. The fourth-order valence-electron chi connectivity index (χ4n) is 3.26. The zero-order valence-electron chi connectivity index (χ0n) is 15.0. The van der Waals surface area contributed by atoms with E-state index in [2.05, 4.69) is 35.5 Å². The summed E-state index contributed by atoms with van der Waals surface area (Å²) in [5, 5.41) is 2.14. The topological polar surface area (TPSA) is 30.9 Å². The Kier molecular flexibility index (Phi) is 7.41. The fraction of sp³-hybridized carbons (Fsp3) is 0.474. The third-order valence-electron chi connectivity index (χ3n) is 4.54. The van der Waals surface area contributed by atoms with Gasteiger partial charge in [-0.25, -0.2) is 0 Å². The molecule has 0 amide bonds. The molecule has 0 aliphatic carbocycles. The van der Waals surface area contributed by atoms with Crippen molar-refractivity contribution in [2.24, 2.45) is 0 Å². The summed E-state index contributed by atoms with van der Waals surface area (Å²) in [7, 11) is 5.52. The van der Waals surface area contributed by atoms with E-state index in [9.17, 15) is 0 Å². The van der Waals surface area contributed by atoms with Crippen LogP contribution in [-0.4, -0.2) is 45.9 Å². The van der Waals surface area contributed by atoms with E-state index in [4.69, 9.17) is 14.2 Å². The van der Waals surface area contributed by atoms with E-state index >= 15 is 0 Å². The third kappa shape index (κ3) is 4.60. The molecular formula is C19H26ClNO3S. The van der Waals surface area contributed by atoms with Crippen LogP contribution in [0, 0.1) is 0 Å². The molecule has 1 aliphatic heterocycles. The Balaban J connectivity index is 0.00000225. The summed E-state index contributed by atoms with van der Waals surface area (Å²) in [6, 6.07) is 8.42. The third-order valence-corrected chi connectivity index (χ3v) is 5.47. The Morgan fingerprint density at radius 3 is 2.76 bits per heavy atom. The molecule has 25 heavy (non-hydrogen) atoms. The van der Waals surface area contributed by atoms with Gasteiger partial charge in [-0.1, -0.05) is 12.1 Å². The number of methoxy groups -OCH3 is 2. The smallest absolute Gasteiger partial charge is 0.203 e. The van der Waals surface area contributed by atoms with E-state index in [1.165, 1.54) is 10.4 Å². The number of hydrogen-bond donors (Lipinski definition) is 0. The molecule has 2 heterocycles. The Morgan fingerprint density at radius 1 is 1.24 bits per heavy atom. The van der Waals surface area contributed by atoms with Crippen LogP contribution in [0.15, 0.2) is 29.6 Å². The summed E-state index contributed by atoms with van der Waals surface area (Å²) >= 11 is 1.83. The van der Waals surface area contributed by atoms with Gasteiger partial charge in [-0.05, 0) is 37.4 Å². The average molecular weight is 384 g/mol. The molecule has 1 atom stereocenters. The lowest BCUT2D eigenvalue weighted by Gasteiger charge is -2.30. The van der Waals surface area contributed by atoms with Crippen LogP contribution in [0.25, 0.3) is 0 Å². The van der Waals surface area contributed by atoms with Gasteiger partial charge in [-0.3, -0.25) is 0 Å². The number of hydrogen-bond acceptors (Lipinski definition) is 5. The first kappa shape index (κ1) is 19.9. The minimum atomic E-state index is 0. The van der Waals surface area contributed by atoms with Gasteiger partial charge in [0.25, 0.3) is 0 Å². The molecule has 0 bridgehead atoms. The Labute approximate surface area is 160 Å². The van der Waals surface area contributed by atoms with E-state index in [1.54, 1.807) is 14.2 Å². The van der Waals surface area contributed by atoms with E-state index < -0.39 is 0 Å². The van der Waals surface area contributed by atoms with Crippen molar-refractivity contribution in [1.82, 2.24) is 4.90 Å². The van der Waals surface area contributed by atoms with E-state index in [1.807, 2.05) is 17.4 Å². The van der Waals surface area contributed by atoms with Crippen molar-refractivity contribution >= 4 is 23.7 Å². The Bertz CT molecular complexity index is 663. The average Bonchev–Trinajstić information content (AvgIpc) is 3.12. The molecule has 1 unspecified atom stereocenters. The first-order valence-electron chi connectivity index (χ1n) is 8.31. The number of fused-ring (bicyclic) bond motifs is 1. The van der Waals surface area contributed by atoms with Crippen LogP contribution < -0.4 is 14.2 Å². The van der Waals surface area contributed by atoms with Crippen LogP contribution in [0.3, 0.4) is 0 Å². The van der Waals surface area contributed by atoms with Gasteiger partial charge in [-0.2, -0.15) is 0 Å². The number of likely N-dealkylation sites (N-methyl/N-ethyl adjacent to an activating group) is 1. The summed E-state index contributed by atoms with van der Waals surface area (Å²) in [5.41, 5.74) is 1.22. The molecule has 1 aliphatic rings. The quantitative estimate of drug-likeness (QED) is 0.716. The molecule has 1 aromatic carbocycles. The second-order valence-electron chi connectivity index (χ2n) is 6.15. The molecule has 1 aromatic heterocycles. The molecule has 3 rings (SSSR count). The Hall–Kier alpha value is -1.43. The van der Waals surface area contributed by atoms with Crippen LogP contribution in [-0.2, 0) is 6.42 Å². The van der Waals surface area contributed by atoms with Gasteiger partial charge in [0, 0.05) is 29.4 Å². The van der Waals surface area contributed by atoms with Crippen LogP contribution in [0.5, 0.6) is 17.2 Å². The largest absolute Gasteiger partial charge is 0.493 e. The summed E-state index contributed by atoms with van der Waals surface area (Å²) in [6.45, 7) is 2.82. The number of ether oxygens (including phenoxy) is 3. The van der Waals surface area contributed by atoms with Crippen molar-refractivity contribution in [2.45, 2.75) is 18.8 Å². The van der Waals surface area contributed by atoms with Gasteiger partial charge in [0.1, 0.15) is 0 Å². The minimum absolute atomic E-state index is 0. The number of thiophene rings is 1. The minimum Gasteiger partial charge on any atom is -0.493 e. The van der Waals surface area contributed by atoms with Gasteiger partial charge >= 0.3 is 0 Å².